The number of hydrogen-bond donors (Lipinski definition) is 1. The minimum Gasteiger partial charge on any atom is -0.496 e. The smallest absolute Gasteiger partial charge is 0.223 e. The number of nitrogens with one attached hydrogen (secondary N) is 1. The molecule has 2 aromatic rings. The van der Waals surface area contributed by atoms with Crippen molar-refractivity contribution in [3.05, 3.63) is 65.7 Å². The maximum absolute atomic E-state index is 12.1. The fourth-order valence-corrected chi connectivity index (χ4v) is 2.59. The molecule has 0 saturated carbocycles. The van der Waals surface area contributed by atoms with Crippen LogP contribution in [-0.2, 0) is 17.8 Å². The normalized spacial score (nSPS) is 10.4. The van der Waals surface area contributed by atoms with Gasteiger partial charge in [-0.2, -0.15) is 0 Å². The molecule has 4 nitrogen and oxygen atoms in total. The number of carbonyl (C=O) groups is 1. The molecule has 0 aromatic heterocycles. The van der Waals surface area contributed by atoms with E-state index in [0.29, 0.717) is 19.5 Å². The molecule has 24 heavy (non-hydrogen) atoms. The summed E-state index contributed by atoms with van der Waals surface area (Å²) in [6, 6.07) is 18.1. The van der Waals surface area contributed by atoms with E-state index in [1.165, 1.54) is 5.56 Å². The van der Waals surface area contributed by atoms with Gasteiger partial charge in [0, 0.05) is 26.6 Å². The molecule has 2 aromatic carbocycles. The number of rotatable bonds is 9. The van der Waals surface area contributed by atoms with E-state index in [1.54, 1.807) is 12.0 Å². The molecule has 2 rings (SSSR count). The Balaban J connectivity index is 1.65. The van der Waals surface area contributed by atoms with Crippen LogP contribution in [0.25, 0.3) is 0 Å². The summed E-state index contributed by atoms with van der Waals surface area (Å²) in [7, 11) is 3.54. The standard InChI is InChI=1S/C20H26N2O2/c1-22(16-17-8-4-3-5-9-17)20(23)13-15-21-14-12-18-10-6-7-11-19(18)24-2/h3-11,21H,12-16H2,1-2H3. The highest BCUT2D eigenvalue weighted by atomic mass is 16.5. The van der Waals surface area contributed by atoms with E-state index in [0.717, 1.165) is 24.3 Å². The first-order chi connectivity index (χ1) is 11.7. The second-order valence-corrected chi connectivity index (χ2v) is 5.80. The van der Waals surface area contributed by atoms with E-state index < -0.39 is 0 Å². The summed E-state index contributed by atoms with van der Waals surface area (Å²) >= 11 is 0. The van der Waals surface area contributed by atoms with Crippen molar-refractivity contribution in [2.24, 2.45) is 0 Å². The average Bonchev–Trinajstić information content (AvgIpc) is 2.62. The minimum absolute atomic E-state index is 0.156. The quantitative estimate of drug-likeness (QED) is 0.721. The van der Waals surface area contributed by atoms with Crippen molar-refractivity contribution >= 4 is 5.91 Å². The van der Waals surface area contributed by atoms with Crippen LogP contribution in [0.2, 0.25) is 0 Å². The van der Waals surface area contributed by atoms with Gasteiger partial charge >= 0.3 is 0 Å². The zero-order valence-corrected chi connectivity index (χ0v) is 14.5. The first kappa shape index (κ1) is 18.0. The summed E-state index contributed by atoms with van der Waals surface area (Å²) in [5, 5.41) is 3.33. The molecule has 0 unspecified atom stereocenters. The third kappa shape index (κ3) is 5.70. The molecule has 128 valence electrons. The molecular formula is C20H26N2O2. The van der Waals surface area contributed by atoms with Crippen molar-refractivity contribution in [3.63, 3.8) is 0 Å². The molecule has 0 spiro atoms. The number of hydrogen-bond acceptors (Lipinski definition) is 3. The van der Waals surface area contributed by atoms with E-state index >= 15 is 0 Å². The zero-order valence-electron chi connectivity index (χ0n) is 14.5. The van der Waals surface area contributed by atoms with Crippen LogP contribution in [0.3, 0.4) is 0 Å². The molecule has 1 N–H and O–H groups in total. The van der Waals surface area contributed by atoms with Gasteiger partial charge in [-0.3, -0.25) is 4.79 Å². The number of methoxy groups -OCH3 is 1. The van der Waals surface area contributed by atoms with Gasteiger partial charge in [0.1, 0.15) is 5.75 Å². The van der Waals surface area contributed by atoms with Gasteiger partial charge in [0.15, 0.2) is 0 Å². The molecule has 0 saturated heterocycles. The Bertz CT molecular complexity index is 629. The third-order valence-electron chi connectivity index (χ3n) is 3.97. The van der Waals surface area contributed by atoms with E-state index in [4.69, 9.17) is 4.74 Å². The first-order valence-electron chi connectivity index (χ1n) is 8.31. The molecule has 0 aliphatic carbocycles. The predicted octanol–water partition coefficient (Wildman–Crippen LogP) is 2.88. The van der Waals surface area contributed by atoms with Crippen molar-refractivity contribution in [3.8, 4) is 5.75 Å². The Morgan fingerprint density at radius 2 is 1.75 bits per heavy atom. The van der Waals surface area contributed by atoms with Crippen molar-refractivity contribution in [1.82, 2.24) is 10.2 Å². The Hall–Kier alpha value is -2.33. The van der Waals surface area contributed by atoms with Crippen molar-refractivity contribution in [1.29, 1.82) is 0 Å². The van der Waals surface area contributed by atoms with Crippen molar-refractivity contribution in [2.45, 2.75) is 19.4 Å². The lowest BCUT2D eigenvalue weighted by Gasteiger charge is -2.17. The van der Waals surface area contributed by atoms with Crippen LogP contribution >= 0.6 is 0 Å². The predicted molar refractivity (Wildman–Crippen MR) is 97.1 cm³/mol. The SMILES string of the molecule is COc1ccccc1CCNCCC(=O)N(C)Cc1ccccc1. The van der Waals surface area contributed by atoms with Crippen LogP contribution in [0.1, 0.15) is 17.5 Å². The van der Waals surface area contributed by atoms with E-state index in [9.17, 15) is 4.79 Å². The fourth-order valence-electron chi connectivity index (χ4n) is 2.59. The Morgan fingerprint density at radius 1 is 1.04 bits per heavy atom. The van der Waals surface area contributed by atoms with Crippen LogP contribution in [0, 0.1) is 0 Å². The molecule has 0 fully saturated rings. The molecule has 0 aliphatic heterocycles. The highest BCUT2D eigenvalue weighted by Crippen LogP contribution is 2.17. The molecule has 1 amide bonds. The topological polar surface area (TPSA) is 41.6 Å². The third-order valence-corrected chi connectivity index (χ3v) is 3.97. The molecule has 0 heterocycles. The number of amides is 1. The molecule has 0 radical (unpaired) electrons. The number of nitrogens with zero attached hydrogens (tertiary/aromatic N) is 1. The van der Waals surface area contributed by atoms with E-state index in [2.05, 4.69) is 11.4 Å². The second-order valence-electron chi connectivity index (χ2n) is 5.80. The van der Waals surface area contributed by atoms with Crippen LogP contribution in [0.15, 0.2) is 54.6 Å². The molecule has 0 aliphatic rings. The Kier molecular flexibility index (Phi) is 7.30. The lowest BCUT2D eigenvalue weighted by Crippen LogP contribution is -2.30. The number of ether oxygens (including phenoxy) is 1. The highest BCUT2D eigenvalue weighted by molar-refractivity contribution is 5.76. The van der Waals surface area contributed by atoms with Crippen LogP contribution < -0.4 is 10.1 Å². The van der Waals surface area contributed by atoms with Gasteiger partial charge in [-0.1, -0.05) is 48.5 Å². The summed E-state index contributed by atoms with van der Waals surface area (Å²) in [6.07, 6.45) is 1.40. The van der Waals surface area contributed by atoms with Crippen LogP contribution in [-0.4, -0.2) is 38.1 Å². The lowest BCUT2D eigenvalue weighted by atomic mass is 10.1. The molecular weight excluding hydrogens is 300 g/mol. The summed E-state index contributed by atoms with van der Waals surface area (Å²) in [4.78, 5) is 13.9. The van der Waals surface area contributed by atoms with Gasteiger partial charge in [0.2, 0.25) is 5.91 Å². The summed E-state index contributed by atoms with van der Waals surface area (Å²) < 4.78 is 5.34. The lowest BCUT2D eigenvalue weighted by molar-refractivity contribution is -0.130. The van der Waals surface area contributed by atoms with Gasteiger partial charge in [-0.15, -0.1) is 0 Å². The maximum Gasteiger partial charge on any atom is 0.223 e. The molecule has 0 atom stereocenters. The van der Waals surface area contributed by atoms with Gasteiger partial charge in [-0.05, 0) is 30.2 Å². The van der Waals surface area contributed by atoms with E-state index in [-0.39, 0.29) is 5.91 Å². The largest absolute Gasteiger partial charge is 0.496 e. The summed E-state index contributed by atoms with van der Waals surface area (Å²) in [5.41, 5.74) is 2.33. The monoisotopic (exact) mass is 326 g/mol. The minimum atomic E-state index is 0.156. The number of para-hydroxylation sites is 1. The van der Waals surface area contributed by atoms with E-state index in [1.807, 2.05) is 55.6 Å². The first-order valence-corrected chi connectivity index (χ1v) is 8.31. The Labute approximate surface area is 144 Å². The average molecular weight is 326 g/mol. The van der Waals surface area contributed by atoms with Crippen LogP contribution in [0.4, 0.5) is 0 Å². The van der Waals surface area contributed by atoms with Gasteiger partial charge in [0.25, 0.3) is 0 Å². The number of benzene rings is 2. The Morgan fingerprint density at radius 3 is 2.50 bits per heavy atom. The van der Waals surface area contributed by atoms with Crippen molar-refractivity contribution < 1.29 is 9.53 Å². The fraction of sp³-hybridized carbons (Fsp3) is 0.350. The zero-order chi connectivity index (χ0) is 17.2. The van der Waals surface area contributed by atoms with Gasteiger partial charge in [-0.25, -0.2) is 0 Å². The second kappa shape index (κ2) is 9.73. The maximum atomic E-state index is 12.1. The van der Waals surface area contributed by atoms with Crippen molar-refractivity contribution in [2.75, 3.05) is 27.2 Å². The number of carbonyl (C=O) groups excluding carboxylic acids is 1. The van der Waals surface area contributed by atoms with Gasteiger partial charge < -0.3 is 15.0 Å². The summed E-state index contributed by atoms with van der Waals surface area (Å²) in [6.45, 7) is 2.17. The molecule has 0 bridgehead atoms. The van der Waals surface area contributed by atoms with Gasteiger partial charge in [0.05, 0.1) is 7.11 Å². The summed E-state index contributed by atoms with van der Waals surface area (Å²) in [5.74, 6) is 1.07. The molecule has 4 heteroatoms. The van der Waals surface area contributed by atoms with Crippen LogP contribution in [0.5, 0.6) is 5.75 Å². The highest BCUT2D eigenvalue weighted by Gasteiger charge is 2.08.